The fourth-order valence-corrected chi connectivity index (χ4v) is 1.94. The number of hydrogen-bond acceptors (Lipinski definition) is 8. The Morgan fingerprint density at radius 2 is 1.70 bits per heavy atom. The van der Waals surface area contributed by atoms with Gasteiger partial charge in [-0.15, -0.1) is 5.23 Å². The summed E-state index contributed by atoms with van der Waals surface area (Å²) in [6.45, 7) is 1.34. The van der Waals surface area contributed by atoms with Crippen molar-refractivity contribution in [3.63, 3.8) is 0 Å². The van der Waals surface area contributed by atoms with Crippen LogP contribution in [0.4, 0.5) is 17.1 Å². The van der Waals surface area contributed by atoms with Gasteiger partial charge in [-0.1, -0.05) is 18.2 Å². The molecule has 0 aliphatic heterocycles. The molecule has 0 aromatic heterocycles. The topological polar surface area (TPSA) is 134 Å². The first kappa shape index (κ1) is 16.5. The van der Waals surface area contributed by atoms with Crippen molar-refractivity contribution in [2.24, 2.45) is 0 Å². The summed E-state index contributed by atoms with van der Waals surface area (Å²) in [7, 11) is 0. The summed E-state index contributed by atoms with van der Waals surface area (Å²) < 4.78 is 0. The van der Waals surface area contributed by atoms with E-state index in [0.717, 1.165) is 12.1 Å². The van der Waals surface area contributed by atoms with Gasteiger partial charge in [0.25, 0.3) is 5.91 Å². The summed E-state index contributed by atoms with van der Waals surface area (Å²) in [6.07, 6.45) is 0. The number of anilines is 3. The zero-order chi connectivity index (χ0) is 17.0. The molecule has 0 spiro atoms. The number of benzene rings is 2. The van der Waals surface area contributed by atoms with Crippen LogP contribution in [-0.2, 0) is 0 Å². The van der Waals surface area contributed by atoms with E-state index in [9.17, 15) is 15.2 Å². The van der Waals surface area contributed by atoms with Gasteiger partial charge in [-0.3, -0.25) is 26.1 Å². The van der Waals surface area contributed by atoms with E-state index >= 15 is 0 Å². The number of para-hydroxylation sites is 1. The molecule has 0 aliphatic rings. The molecule has 0 unspecified atom stereocenters. The lowest BCUT2D eigenvalue weighted by molar-refractivity contribution is 0.0288. The zero-order valence-corrected chi connectivity index (χ0v) is 12.1. The first-order valence-electron chi connectivity index (χ1n) is 6.48. The van der Waals surface area contributed by atoms with Crippen LogP contribution in [0.2, 0.25) is 0 Å². The van der Waals surface area contributed by atoms with Crippen LogP contribution >= 0.6 is 0 Å². The second-order valence-corrected chi connectivity index (χ2v) is 4.63. The highest BCUT2D eigenvalue weighted by molar-refractivity contribution is 5.97. The molecule has 2 rings (SSSR count). The van der Waals surface area contributed by atoms with Crippen molar-refractivity contribution in [3.05, 3.63) is 64.0 Å². The molecule has 0 saturated heterocycles. The van der Waals surface area contributed by atoms with Gasteiger partial charge < -0.3 is 15.6 Å². The van der Waals surface area contributed by atoms with Gasteiger partial charge in [0.1, 0.15) is 0 Å². The van der Waals surface area contributed by atoms with Crippen LogP contribution in [0.5, 0.6) is 0 Å². The number of nitrogens with zero attached hydrogens (tertiary/aromatic N) is 2. The van der Waals surface area contributed by atoms with Gasteiger partial charge >= 0.3 is 0 Å². The van der Waals surface area contributed by atoms with E-state index in [0.29, 0.717) is 5.69 Å². The SMILES string of the molecule is Cc1c(N([O-])[O-])cc(C(=O)NNc2ccccc2)cc1N(O)O. The maximum atomic E-state index is 12.1. The molecule has 9 heteroatoms. The monoisotopic (exact) mass is 318 g/mol. The van der Waals surface area contributed by atoms with Gasteiger partial charge in [-0.25, -0.2) is 0 Å². The Labute approximate surface area is 131 Å². The smallest absolute Gasteiger partial charge is 0.269 e. The Hall–Kier alpha value is -2.85. The molecule has 2 aromatic carbocycles. The number of hydrazine groups is 1. The van der Waals surface area contributed by atoms with Crippen molar-refractivity contribution in [1.82, 2.24) is 5.43 Å². The number of nitrogens with one attached hydrogen (secondary N) is 2. The number of amides is 1. The molecule has 0 atom stereocenters. The minimum absolute atomic E-state index is 0.0209. The predicted octanol–water partition coefficient (Wildman–Crippen LogP) is 2.14. The molecule has 0 radical (unpaired) electrons. The van der Waals surface area contributed by atoms with Gasteiger partial charge in [0.2, 0.25) is 0 Å². The van der Waals surface area contributed by atoms with Crippen LogP contribution in [0.25, 0.3) is 0 Å². The number of carbonyl (C=O) groups is 1. The molecule has 4 N–H and O–H groups in total. The molecule has 23 heavy (non-hydrogen) atoms. The van der Waals surface area contributed by atoms with E-state index in [4.69, 9.17) is 10.4 Å². The molecule has 0 saturated carbocycles. The molecule has 122 valence electrons. The van der Waals surface area contributed by atoms with E-state index in [-0.39, 0.29) is 22.0 Å². The molecule has 0 aliphatic carbocycles. The number of rotatable bonds is 5. The van der Waals surface area contributed by atoms with E-state index in [1.807, 2.05) is 0 Å². The molecule has 2 aromatic rings. The van der Waals surface area contributed by atoms with Crippen molar-refractivity contribution in [2.45, 2.75) is 6.92 Å². The highest BCUT2D eigenvalue weighted by Crippen LogP contribution is 2.29. The van der Waals surface area contributed by atoms with E-state index in [2.05, 4.69) is 10.9 Å². The van der Waals surface area contributed by atoms with Crippen LogP contribution in [0.1, 0.15) is 15.9 Å². The normalized spacial score (nSPS) is 10.1. The average molecular weight is 318 g/mol. The van der Waals surface area contributed by atoms with Crippen LogP contribution in [0, 0.1) is 17.3 Å². The maximum Gasteiger partial charge on any atom is 0.269 e. The van der Waals surface area contributed by atoms with Crippen molar-refractivity contribution in [3.8, 4) is 0 Å². The minimum Gasteiger partial charge on any atom is -0.769 e. The molecule has 0 fully saturated rings. The van der Waals surface area contributed by atoms with E-state index < -0.39 is 16.8 Å². The van der Waals surface area contributed by atoms with Crippen LogP contribution in [0.15, 0.2) is 42.5 Å². The second kappa shape index (κ2) is 6.94. The highest BCUT2D eigenvalue weighted by atomic mass is 16.8. The number of carbonyl (C=O) groups excluding carboxylic acids is 1. The van der Waals surface area contributed by atoms with Crippen molar-refractivity contribution < 1.29 is 15.2 Å². The van der Waals surface area contributed by atoms with Crippen molar-refractivity contribution in [1.29, 1.82) is 0 Å². The van der Waals surface area contributed by atoms with Crippen LogP contribution in [0.3, 0.4) is 0 Å². The van der Waals surface area contributed by atoms with Crippen LogP contribution in [-0.4, -0.2) is 16.3 Å². The first-order valence-corrected chi connectivity index (χ1v) is 6.48. The fourth-order valence-electron chi connectivity index (χ4n) is 1.94. The van der Waals surface area contributed by atoms with Gasteiger partial charge in [-0.05, 0) is 36.8 Å². The Morgan fingerprint density at radius 3 is 2.26 bits per heavy atom. The summed E-state index contributed by atoms with van der Waals surface area (Å²) in [6, 6.07) is 10.9. The van der Waals surface area contributed by atoms with Gasteiger partial charge in [-0.2, -0.15) is 0 Å². The highest BCUT2D eigenvalue weighted by Gasteiger charge is 2.14. The van der Waals surface area contributed by atoms with Crippen molar-refractivity contribution >= 4 is 23.0 Å². The van der Waals surface area contributed by atoms with Gasteiger partial charge in [0, 0.05) is 11.3 Å². The third-order valence-electron chi connectivity index (χ3n) is 3.12. The van der Waals surface area contributed by atoms with Crippen LogP contribution < -0.4 is 21.3 Å². The van der Waals surface area contributed by atoms with Crippen molar-refractivity contribution in [2.75, 3.05) is 15.9 Å². The molecule has 9 nitrogen and oxygen atoms in total. The summed E-state index contributed by atoms with van der Waals surface area (Å²) in [5, 5.41) is 39.4. The average Bonchev–Trinajstić information content (AvgIpc) is 2.53. The quantitative estimate of drug-likeness (QED) is 0.616. The second-order valence-electron chi connectivity index (χ2n) is 4.63. The largest absolute Gasteiger partial charge is 0.769 e. The van der Waals surface area contributed by atoms with E-state index in [1.165, 1.54) is 6.92 Å². The molecular weight excluding hydrogens is 304 g/mol. The summed E-state index contributed by atoms with van der Waals surface area (Å²) >= 11 is 0. The molecular formula is C14H14N4O5-2. The predicted molar refractivity (Wildman–Crippen MR) is 84.0 cm³/mol. The number of hydrogen-bond donors (Lipinski definition) is 4. The lowest BCUT2D eigenvalue weighted by Crippen LogP contribution is -2.30. The molecule has 1 amide bonds. The van der Waals surface area contributed by atoms with Gasteiger partial charge in [0.05, 0.1) is 11.4 Å². The molecule has 0 heterocycles. The lowest BCUT2D eigenvalue weighted by atomic mass is 10.1. The van der Waals surface area contributed by atoms with Gasteiger partial charge in [0.15, 0.2) is 0 Å². The Bertz CT molecular complexity index is 662. The Morgan fingerprint density at radius 1 is 1.09 bits per heavy atom. The summed E-state index contributed by atoms with van der Waals surface area (Å²) in [5.41, 5.74) is 4.90. The summed E-state index contributed by atoms with van der Waals surface area (Å²) in [4.78, 5) is 12.1. The van der Waals surface area contributed by atoms with E-state index in [1.54, 1.807) is 30.3 Å². The summed E-state index contributed by atoms with van der Waals surface area (Å²) in [5.74, 6) is -0.667. The Kier molecular flexibility index (Phi) is 4.98. The standard InChI is InChI=1S/C14H14N4O5/c1-9-12(17(20)21)7-10(8-13(9)18(22)23)14(19)16-15-11-5-3-2-4-6-11/h2-8,15,20-21H,1H3,(H,16,19)/q-2. The third kappa shape index (κ3) is 3.87. The lowest BCUT2D eigenvalue weighted by Gasteiger charge is -2.39. The third-order valence-corrected chi connectivity index (χ3v) is 3.12. The fraction of sp³-hybridized carbons (Fsp3) is 0.0714. The molecule has 0 bridgehead atoms. The maximum absolute atomic E-state index is 12.1. The first-order chi connectivity index (χ1) is 10.9. The zero-order valence-electron chi connectivity index (χ0n) is 12.1. The Balaban J connectivity index is 2.25. The minimum atomic E-state index is -0.705.